The minimum atomic E-state index is -0.532. The molecule has 7 nitrogen and oxygen atoms in total. The predicted octanol–water partition coefficient (Wildman–Crippen LogP) is 4.68. The minimum Gasteiger partial charge on any atom is -0.461 e. The SMILES string of the molecule is CCOC(=O)c1[nH]c(C)c(C#N)c1-c1ccc(-c2sccc2[N+](=O)[O-])cc1. The quantitative estimate of drug-likeness (QED) is 0.392. The van der Waals surface area contributed by atoms with E-state index in [4.69, 9.17) is 4.74 Å². The van der Waals surface area contributed by atoms with Crippen molar-refractivity contribution in [2.75, 3.05) is 6.61 Å². The lowest BCUT2D eigenvalue weighted by Crippen LogP contribution is -2.06. The number of aromatic amines is 1. The van der Waals surface area contributed by atoms with E-state index in [1.807, 2.05) is 0 Å². The summed E-state index contributed by atoms with van der Waals surface area (Å²) in [6, 6.07) is 10.6. The van der Waals surface area contributed by atoms with Gasteiger partial charge in [0.05, 0.1) is 17.1 Å². The van der Waals surface area contributed by atoms with Crippen LogP contribution in [0.1, 0.15) is 28.7 Å². The Balaban J connectivity index is 2.08. The minimum absolute atomic E-state index is 0.0511. The zero-order valence-corrected chi connectivity index (χ0v) is 15.4. The molecule has 2 heterocycles. The summed E-state index contributed by atoms with van der Waals surface area (Å²) in [5, 5.41) is 22.3. The molecule has 0 radical (unpaired) electrons. The number of nitrogens with one attached hydrogen (secondary N) is 1. The van der Waals surface area contributed by atoms with Crippen LogP contribution in [0.15, 0.2) is 35.7 Å². The Hall–Kier alpha value is -3.44. The van der Waals surface area contributed by atoms with Gasteiger partial charge in [-0.3, -0.25) is 10.1 Å². The van der Waals surface area contributed by atoms with Crippen LogP contribution in [-0.4, -0.2) is 22.5 Å². The fourth-order valence-electron chi connectivity index (χ4n) is 2.86. The zero-order chi connectivity index (χ0) is 19.6. The summed E-state index contributed by atoms with van der Waals surface area (Å²) in [5.74, 6) is -0.532. The molecular formula is C19H15N3O4S. The van der Waals surface area contributed by atoms with Crippen molar-refractivity contribution in [1.29, 1.82) is 5.26 Å². The third-order valence-electron chi connectivity index (χ3n) is 4.06. The number of nitro groups is 1. The van der Waals surface area contributed by atoms with Gasteiger partial charge in [0.1, 0.15) is 16.6 Å². The van der Waals surface area contributed by atoms with Crippen LogP contribution in [0.4, 0.5) is 5.69 Å². The van der Waals surface area contributed by atoms with Crippen molar-refractivity contribution in [2.45, 2.75) is 13.8 Å². The number of ether oxygens (including phenoxy) is 1. The molecule has 136 valence electrons. The van der Waals surface area contributed by atoms with Gasteiger partial charge in [-0.15, -0.1) is 11.3 Å². The summed E-state index contributed by atoms with van der Waals surface area (Å²) in [7, 11) is 0. The van der Waals surface area contributed by atoms with Crippen LogP contribution in [0.2, 0.25) is 0 Å². The first-order valence-corrected chi connectivity index (χ1v) is 8.98. The van der Waals surface area contributed by atoms with E-state index in [1.165, 1.54) is 17.4 Å². The van der Waals surface area contributed by atoms with Crippen LogP contribution >= 0.6 is 11.3 Å². The topological polar surface area (TPSA) is 109 Å². The summed E-state index contributed by atoms with van der Waals surface area (Å²) >= 11 is 1.28. The number of benzene rings is 1. The van der Waals surface area contributed by atoms with Gasteiger partial charge < -0.3 is 9.72 Å². The maximum Gasteiger partial charge on any atom is 0.355 e. The van der Waals surface area contributed by atoms with Gasteiger partial charge in [0, 0.05) is 17.3 Å². The second kappa shape index (κ2) is 7.43. The number of hydrogen-bond acceptors (Lipinski definition) is 6. The van der Waals surface area contributed by atoms with Crippen LogP contribution in [0.25, 0.3) is 21.6 Å². The van der Waals surface area contributed by atoms with Gasteiger partial charge in [0.15, 0.2) is 0 Å². The number of carbonyl (C=O) groups excluding carboxylic acids is 1. The summed E-state index contributed by atoms with van der Waals surface area (Å²) in [5.41, 5.74) is 3.05. The van der Waals surface area contributed by atoms with E-state index in [0.717, 1.165) is 0 Å². The number of nitrogens with zero attached hydrogens (tertiary/aromatic N) is 2. The molecule has 3 rings (SSSR count). The lowest BCUT2D eigenvalue weighted by atomic mass is 9.99. The van der Waals surface area contributed by atoms with E-state index in [0.29, 0.717) is 32.8 Å². The molecule has 0 bridgehead atoms. The molecule has 0 saturated carbocycles. The molecule has 0 saturated heterocycles. The summed E-state index contributed by atoms with van der Waals surface area (Å²) < 4.78 is 5.07. The summed E-state index contributed by atoms with van der Waals surface area (Å²) in [6.07, 6.45) is 0. The maximum atomic E-state index is 12.3. The van der Waals surface area contributed by atoms with E-state index in [-0.39, 0.29) is 18.0 Å². The maximum absolute atomic E-state index is 12.3. The van der Waals surface area contributed by atoms with Crippen LogP contribution in [0, 0.1) is 28.4 Å². The van der Waals surface area contributed by atoms with Gasteiger partial charge in [-0.05, 0) is 30.4 Å². The molecule has 1 N–H and O–H groups in total. The highest BCUT2D eigenvalue weighted by Crippen LogP contribution is 2.37. The Kier molecular flexibility index (Phi) is 5.05. The average Bonchev–Trinajstić information content (AvgIpc) is 3.26. The van der Waals surface area contributed by atoms with Crippen molar-refractivity contribution in [2.24, 2.45) is 0 Å². The van der Waals surface area contributed by atoms with Gasteiger partial charge in [-0.1, -0.05) is 24.3 Å². The Labute approximate surface area is 159 Å². The van der Waals surface area contributed by atoms with E-state index in [1.54, 1.807) is 43.5 Å². The van der Waals surface area contributed by atoms with E-state index in [9.17, 15) is 20.2 Å². The third-order valence-corrected chi connectivity index (χ3v) is 5.01. The Morgan fingerprint density at radius 1 is 1.30 bits per heavy atom. The van der Waals surface area contributed by atoms with E-state index in [2.05, 4.69) is 11.1 Å². The first kappa shape index (κ1) is 18.4. The molecule has 0 unspecified atom stereocenters. The molecule has 0 spiro atoms. The van der Waals surface area contributed by atoms with Crippen LogP contribution in [0.3, 0.4) is 0 Å². The van der Waals surface area contributed by atoms with Gasteiger partial charge in [0.2, 0.25) is 0 Å². The molecule has 0 aliphatic rings. The Morgan fingerprint density at radius 3 is 2.56 bits per heavy atom. The molecule has 8 heteroatoms. The van der Waals surface area contributed by atoms with Gasteiger partial charge in [0.25, 0.3) is 5.69 Å². The van der Waals surface area contributed by atoms with E-state index < -0.39 is 10.9 Å². The molecule has 1 aromatic carbocycles. The number of rotatable bonds is 5. The largest absolute Gasteiger partial charge is 0.461 e. The highest BCUT2D eigenvalue weighted by Gasteiger charge is 2.23. The smallest absolute Gasteiger partial charge is 0.355 e. The van der Waals surface area contributed by atoms with Crippen molar-refractivity contribution < 1.29 is 14.5 Å². The molecule has 2 aromatic heterocycles. The van der Waals surface area contributed by atoms with E-state index >= 15 is 0 Å². The van der Waals surface area contributed by atoms with Crippen LogP contribution < -0.4 is 0 Å². The molecule has 3 aromatic rings. The van der Waals surface area contributed by atoms with Gasteiger partial charge in [-0.2, -0.15) is 5.26 Å². The first-order chi connectivity index (χ1) is 13.0. The van der Waals surface area contributed by atoms with Crippen molar-refractivity contribution in [1.82, 2.24) is 4.98 Å². The second-order valence-electron chi connectivity index (χ2n) is 5.68. The summed E-state index contributed by atoms with van der Waals surface area (Å²) in [4.78, 5) is 26.5. The molecule has 0 amide bonds. The fourth-order valence-corrected chi connectivity index (χ4v) is 3.73. The number of esters is 1. The zero-order valence-electron chi connectivity index (χ0n) is 14.6. The molecular weight excluding hydrogens is 366 g/mol. The van der Waals surface area contributed by atoms with Gasteiger partial charge in [-0.25, -0.2) is 4.79 Å². The molecule has 0 aliphatic carbocycles. The highest BCUT2D eigenvalue weighted by molar-refractivity contribution is 7.14. The van der Waals surface area contributed by atoms with Crippen molar-refractivity contribution in [3.63, 3.8) is 0 Å². The lowest BCUT2D eigenvalue weighted by Gasteiger charge is -2.06. The fraction of sp³-hybridized carbons (Fsp3) is 0.158. The Bertz CT molecular complexity index is 1060. The molecule has 27 heavy (non-hydrogen) atoms. The molecule has 0 aliphatic heterocycles. The third kappa shape index (κ3) is 3.32. The second-order valence-corrected chi connectivity index (χ2v) is 6.59. The molecule has 0 atom stereocenters. The van der Waals surface area contributed by atoms with Crippen LogP contribution in [0.5, 0.6) is 0 Å². The number of thiophene rings is 1. The number of nitriles is 1. The number of H-pyrrole nitrogens is 1. The van der Waals surface area contributed by atoms with Crippen molar-refractivity contribution in [3.8, 4) is 27.6 Å². The number of aryl methyl sites for hydroxylation is 1. The first-order valence-electron chi connectivity index (χ1n) is 8.10. The van der Waals surface area contributed by atoms with Crippen molar-refractivity contribution >= 4 is 23.0 Å². The lowest BCUT2D eigenvalue weighted by molar-refractivity contribution is -0.383. The van der Waals surface area contributed by atoms with Crippen molar-refractivity contribution in [3.05, 3.63) is 62.8 Å². The number of aromatic nitrogens is 1. The average molecular weight is 381 g/mol. The summed E-state index contributed by atoms with van der Waals surface area (Å²) in [6.45, 7) is 3.65. The standard InChI is InChI=1S/C19H15N3O4S/c1-3-26-19(23)17-16(14(10-20)11(2)21-17)12-4-6-13(7-5-12)18-15(22(24)25)8-9-27-18/h4-9,21H,3H2,1-2H3. The van der Waals surface area contributed by atoms with Crippen LogP contribution in [-0.2, 0) is 4.74 Å². The van der Waals surface area contributed by atoms with Gasteiger partial charge >= 0.3 is 5.97 Å². The number of hydrogen-bond donors (Lipinski definition) is 1. The predicted molar refractivity (Wildman–Crippen MR) is 102 cm³/mol. The Morgan fingerprint density at radius 2 is 1.96 bits per heavy atom. The monoisotopic (exact) mass is 381 g/mol. The normalized spacial score (nSPS) is 10.4. The highest BCUT2D eigenvalue weighted by atomic mass is 32.1. The molecule has 0 fully saturated rings. The number of carbonyl (C=O) groups is 1.